The quantitative estimate of drug-likeness (QED) is 0.538. The van der Waals surface area contributed by atoms with E-state index in [9.17, 15) is 18.0 Å². The van der Waals surface area contributed by atoms with Crippen LogP contribution in [0.1, 0.15) is 12.0 Å². The number of hydrogen-bond donors (Lipinski definition) is 1. The number of nitrogens with one attached hydrogen (secondary N) is 1. The SMILES string of the molecule is COc1ccc(Cl)cc1CC1CN2C(=O)CC2(S(=O)(=O)c2ccc(-c3ccn[nH]3)cc2)C1=O. The Bertz CT molecular complexity index is 1360. The van der Waals surface area contributed by atoms with Gasteiger partial charge in [0.1, 0.15) is 5.75 Å². The molecule has 0 aliphatic carbocycles. The largest absolute Gasteiger partial charge is 0.496 e. The van der Waals surface area contributed by atoms with Gasteiger partial charge in [-0.2, -0.15) is 5.10 Å². The minimum absolute atomic E-state index is 0.00222. The molecule has 3 aromatic rings. The van der Waals surface area contributed by atoms with Crippen LogP contribution in [0.5, 0.6) is 5.75 Å². The van der Waals surface area contributed by atoms with Crippen LogP contribution in [0, 0.1) is 5.92 Å². The Kier molecular flexibility index (Phi) is 5.06. The number of carbonyl (C=O) groups excluding carboxylic acids is 2. The number of benzene rings is 2. The predicted octanol–water partition coefficient (Wildman–Crippen LogP) is 2.88. The number of rotatable bonds is 6. The van der Waals surface area contributed by atoms with E-state index in [0.717, 1.165) is 11.3 Å². The van der Waals surface area contributed by atoms with Crippen LogP contribution in [0.3, 0.4) is 0 Å². The summed E-state index contributed by atoms with van der Waals surface area (Å²) in [4.78, 5) is 25.3. The molecule has 0 radical (unpaired) electrons. The fourth-order valence-corrected chi connectivity index (χ4v) is 7.02. The maximum atomic E-state index is 13.7. The van der Waals surface area contributed by atoms with Crippen molar-refractivity contribution in [2.75, 3.05) is 13.7 Å². The molecule has 1 aromatic heterocycles. The lowest BCUT2D eigenvalue weighted by Crippen LogP contribution is -2.67. The zero-order valence-electron chi connectivity index (χ0n) is 17.6. The first-order valence-electron chi connectivity index (χ1n) is 10.3. The number of aromatic amines is 1. The molecule has 1 amide bonds. The number of fused-ring (bicyclic) bond motifs is 1. The molecule has 8 nitrogen and oxygen atoms in total. The third-order valence-corrected chi connectivity index (χ3v) is 9.00. The number of amides is 1. The van der Waals surface area contributed by atoms with E-state index in [1.54, 1.807) is 42.6 Å². The number of ether oxygens (including phenoxy) is 1. The fourth-order valence-electron chi connectivity index (χ4n) is 4.72. The van der Waals surface area contributed by atoms with Gasteiger partial charge in [0.2, 0.25) is 20.6 Å². The second-order valence-corrected chi connectivity index (χ2v) is 10.8. The number of methoxy groups -OCH3 is 1. The van der Waals surface area contributed by atoms with E-state index in [1.165, 1.54) is 24.1 Å². The Hall–Kier alpha value is -3.17. The number of carbonyl (C=O) groups is 2. The van der Waals surface area contributed by atoms with Gasteiger partial charge in [-0.25, -0.2) is 8.42 Å². The van der Waals surface area contributed by atoms with Crippen molar-refractivity contribution in [2.45, 2.75) is 22.6 Å². The minimum atomic E-state index is -4.14. The van der Waals surface area contributed by atoms with Crippen LogP contribution in [0.15, 0.2) is 59.6 Å². The van der Waals surface area contributed by atoms with Gasteiger partial charge < -0.3 is 9.64 Å². The van der Waals surface area contributed by atoms with Crippen molar-refractivity contribution in [3.8, 4) is 17.0 Å². The first-order chi connectivity index (χ1) is 15.8. The smallest absolute Gasteiger partial charge is 0.228 e. The molecular formula is C23H20ClN3O5S. The molecule has 2 fully saturated rings. The Labute approximate surface area is 195 Å². The van der Waals surface area contributed by atoms with Crippen molar-refractivity contribution in [1.29, 1.82) is 0 Å². The number of β-lactam (4-membered cyclic amide) rings is 1. The molecule has 0 bridgehead atoms. The summed E-state index contributed by atoms with van der Waals surface area (Å²) in [6, 6.07) is 13.1. The summed E-state index contributed by atoms with van der Waals surface area (Å²) in [7, 11) is -2.63. The molecule has 2 unspecified atom stereocenters. The maximum Gasteiger partial charge on any atom is 0.228 e. The third-order valence-electron chi connectivity index (χ3n) is 6.42. The molecule has 2 aliphatic rings. The summed E-state index contributed by atoms with van der Waals surface area (Å²) in [5.41, 5.74) is 2.19. The van der Waals surface area contributed by atoms with E-state index < -0.39 is 26.4 Å². The van der Waals surface area contributed by atoms with Crippen LogP contribution in [0.25, 0.3) is 11.3 Å². The highest BCUT2D eigenvalue weighted by molar-refractivity contribution is 7.93. The Morgan fingerprint density at radius 1 is 1.18 bits per heavy atom. The van der Waals surface area contributed by atoms with Gasteiger partial charge >= 0.3 is 0 Å². The van der Waals surface area contributed by atoms with Crippen molar-refractivity contribution in [3.05, 3.63) is 65.3 Å². The summed E-state index contributed by atoms with van der Waals surface area (Å²) < 4.78 is 32.7. The number of halogens is 1. The number of aromatic nitrogens is 2. The monoisotopic (exact) mass is 485 g/mol. The minimum Gasteiger partial charge on any atom is -0.496 e. The Morgan fingerprint density at radius 2 is 1.94 bits per heavy atom. The topological polar surface area (TPSA) is 109 Å². The van der Waals surface area contributed by atoms with Gasteiger partial charge in [-0.15, -0.1) is 0 Å². The number of hydrogen-bond acceptors (Lipinski definition) is 6. The summed E-state index contributed by atoms with van der Waals surface area (Å²) in [6.07, 6.45) is 1.48. The zero-order chi connectivity index (χ0) is 23.4. The molecule has 1 N–H and O–H groups in total. The van der Waals surface area contributed by atoms with Crippen molar-refractivity contribution < 1.29 is 22.7 Å². The highest BCUT2D eigenvalue weighted by Gasteiger charge is 2.70. The van der Waals surface area contributed by atoms with Crippen molar-refractivity contribution in [3.63, 3.8) is 0 Å². The summed E-state index contributed by atoms with van der Waals surface area (Å²) in [6.45, 7) is 0.0405. The average molecular weight is 486 g/mol. The van der Waals surface area contributed by atoms with Gasteiger partial charge in [0, 0.05) is 23.7 Å². The Balaban J connectivity index is 1.48. The number of H-pyrrole nitrogens is 1. The number of Topliss-reactive ketones (excluding diaryl/α,β-unsaturated/α-hetero) is 1. The van der Waals surface area contributed by atoms with E-state index >= 15 is 0 Å². The van der Waals surface area contributed by atoms with Crippen LogP contribution in [0.4, 0.5) is 0 Å². The molecule has 0 spiro atoms. The molecule has 5 rings (SSSR count). The average Bonchev–Trinajstić information content (AvgIpc) is 3.41. The summed E-state index contributed by atoms with van der Waals surface area (Å²) >= 11 is 6.11. The molecule has 170 valence electrons. The fraction of sp³-hybridized carbons (Fsp3) is 0.261. The van der Waals surface area contributed by atoms with Crippen LogP contribution in [-0.2, 0) is 25.8 Å². The second-order valence-electron chi connectivity index (χ2n) is 8.19. The lowest BCUT2D eigenvalue weighted by atomic mass is 9.92. The van der Waals surface area contributed by atoms with E-state index in [1.807, 2.05) is 0 Å². The number of sulfone groups is 1. The molecule has 2 atom stereocenters. The summed E-state index contributed by atoms with van der Waals surface area (Å²) in [5.74, 6) is -0.940. The van der Waals surface area contributed by atoms with E-state index in [2.05, 4.69) is 10.2 Å². The molecule has 2 saturated heterocycles. The molecule has 0 saturated carbocycles. The summed E-state index contributed by atoms with van der Waals surface area (Å²) in [5, 5.41) is 7.20. The van der Waals surface area contributed by atoms with Crippen LogP contribution in [0.2, 0.25) is 5.02 Å². The number of nitrogens with zero attached hydrogens (tertiary/aromatic N) is 2. The lowest BCUT2D eigenvalue weighted by Gasteiger charge is -2.44. The van der Waals surface area contributed by atoms with E-state index in [-0.39, 0.29) is 30.2 Å². The van der Waals surface area contributed by atoms with Crippen molar-refractivity contribution >= 4 is 33.1 Å². The standard InChI is InChI=1S/C23H20ClN3O5S/c1-32-20-7-4-17(24)11-15(20)10-16-13-27-21(28)12-23(27,22(16)29)33(30,31)18-5-2-14(3-6-18)19-8-9-25-26-19/h2-9,11,16H,10,12-13H2,1H3,(H,25,26). The van der Waals surface area contributed by atoms with Crippen LogP contribution in [-0.4, -0.2) is 53.7 Å². The highest BCUT2D eigenvalue weighted by Crippen LogP contribution is 2.49. The van der Waals surface area contributed by atoms with Gasteiger partial charge in [0.05, 0.1) is 24.1 Å². The molecular weight excluding hydrogens is 466 g/mol. The maximum absolute atomic E-state index is 13.7. The van der Waals surface area contributed by atoms with Gasteiger partial charge in [0.15, 0.2) is 5.78 Å². The van der Waals surface area contributed by atoms with Crippen molar-refractivity contribution in [2.24, 2.45) is 5.92 Å². The first-order valence-corrected chi connectivity index (χ1v) is 12.2. The van der Waals surface area contributed by atoms with E-state index in [0.29, 0.717) is 16.3 Å². The van der Waals surface area contributed by atoms with Gasteiger partial charge in [-0.1, -0.05) is 23.7 Å². The molecule has 3 heterocycles. The molecule has 2 aromatic carbocycles. The molecule has 10 heteroatoms. The highest BCUT2D eigenvalue weighted by atomic mass is 35.5. The first kappa shape index (κ1) is 21.7. The van der Waals surface area contributed by atoms with Crippen LogP contribution >= 0.6 is 11.6 Å². The second kappa shape index (κ2) is 7.71. The predicted molar refractivity (Wildman–Crippen MR) is 120 cm³/mol. The van der Waals surface area contributed by atoms with E-state index in [4.69, 9.17) is 16.3 Å². The Morgan fingerprint density at radius 3 is 2.58 bits per heavy atom. The van der Waals surface area contributed by atoms with Crippen LogP contribution < -0.4 is 4.74 Å². The normalized spacial score (nSPS) is 22.2. The van der Waals surface area contributed by atoms with Gasteiger partial charge in [0.25, 0.3) is 0 Å². The molecule has 2 aliphatic heterocycles. The number of ketones is 1. The van der Waals surface area contributed by atoms with Crippen molar-refractivity contribution in [1.82, 2.24) is 15.1 Å². The van der Waals surface area contributed by atoms with Gasteiger partial charge in [-0.3, -0.25) is 14.7 Å². The third kappa shape index (κ3) is 3.18. The lowest BCUT2D eigenvalue weighted by molar-refractivity contribution is -0.150. The van der Waals surface area contributed by atoms with Gasteiger partial charge in [-0.05, 0) is 53.9 Å². The molecule has 33 heavy (non-hydrogen) atoms. The zero-order valence-corrected chi connectivity index (χ0v) is 19.2.